The first-order valence-electron chi connectivity index (χ1n) is 7.18. The van der Waals surface area contributed by atoms with Gasteiger partial charge in [0.05, 0.1) is 7.11 Å². The summed E-state index contributed by atoms with van der Waals surface area (Å²) < 4.78 is 45.9. The summed E-state index contributed by atoms with van der Waals surface area (Å²) in [5.41, 5.74) is 1.83. The van der Waals surface area contributed by atoms with Crippen molar-refractivity contribution in [2.24, 2.45) is 0 Å². The molecule has 0 saturated heterocycles. The van der Waals surface area contributed by atoms with E-state index in [1.807, 2.05) is 0 Å². The van der Waals surface area contributed by atoms with Gasteiger partial charge in [0.25, 0.3) is 10.0 Å². The Labute approximate surface area is 138 Å². The number of anilines is 2. The first kappa shape index (κ1) is 16.3. The SMILES string of the molecule is COc1ccc(F)cc1S(=O)(=O)Nc1ccc2c(c1)CCC(=O)N2. The fourth-order valence-corrected chi connectivity index (χ4v) is 3.75. The standard InChI is InChI=1S/C16H15FN2O4S/c1-23-14-6-3-11(17)9-15(14)24(21,22)19-12-4-5-13-10(8-12)2-7-16(20)18-13/h3-6,8-9,19H,2,7H2,1H3,(H,18,20). The van der Waals surface area contributed by atoms with E-state index in [0.717, 1.165) is 17.7 Å². The Hall–Kier alpha value is -2.61. The Bertz CT molecular complexity index is 912. The smallest absolute Gasteiger partial charge is 0.265 e. The average Bonchev–Trinajstić information content (AvgIpc) is 2.54. The third kappa shape index (κ3) is 3.18. The van der Waals surface area contributed by atoms with Gasteiger partial charge in [-0.3, -0.25) is 9.52 Å². The molecule has 126 valence electrons. The Morgan fingerprint density at radius 2 is 1.96 bits per heavy atom. The predicted octanol–water partition coefficient (Wildman–Crippen LogP) is 2.52. The van der Waals surface area contributed by atoms with Crippen molar-refractivity contribution in [1.82, 2.24) is 0 Å². The highest BCUT2D eigenvalue weighted by Crippen LogP contribution is 2.29. The molecule has 1 aliphatic heterocycles. The molecule has 1 amide bonds. The van der Waals surface area contributed by atoms with Gasteiger partial charge >= 0.3 is 0 Å². The number of hydrogen-bond acceptors (Lipinski definition) is 4. The fourth-order valence-electron chi connectivity index (χ4n) is 2.52. The lowest BCUT2D eigenvalue weighted by molar-refractivity contribution is -0.116. The van der Waals surface area contributed by atoms with Crippen molar-refractivity contribution in [3.05, 3.63) is 47.8 Å². The molecule has 2 N–H and O–H groups in total. The average molecular weight is 350 g/mol. The molecular weight excluding hydrogens is 335 g/mol. The van der Waals surface area contributed by atoms with Crippen LogP contribution >= 0.6 is 0 Å². The lowest BCUT2D eigenvalue weighted by atomic mass is 10.0. The molecule has 3 rings (SSSR count). The van der Waals surface area contributed by atoms with Crippen LogP contribution in [0.25, 0.3) is 0 Å². The number of benzene rings is 2. The normalized spacial score (nSPS) is 13.8. The number of sulfonamides is 1. The highest BCUT2D eigenvalue weighted by Gasteiger charge is 2.22. The Morgan fingerprint density at radius 3 is 2.71 bits per heavy atom. The fraction of sp³-hybridized carbons (Fsp3) is 0.188. The Balaban J connectivity index is 1.93. The molecule has 1 aliphatic rings. The largest absolute Gasteiger partial charge is 0.495 e. The minimum absolute atomic E-state index is 0.0501. The molecule has 0 radical (unpaired) electrons. The summed E-state index contributed by atoms with van der Waals surface area (Å²) in [6.07, 6.45) is 0.876. The molecule has 0 fully saturated rings. The number of nitrogens with one attached hydrogen (secondary N) is 2. The van der Waals surface area contributed by atoms with E-state index in [1.54, 1.807) is 12.1 Å². The summed E-state index contributed by atoms with van der Waals surface area (Å²) in [6.45, 7) is 0. The zero-order chi connectivity index (χ0) is 17.3. The van der Waals surface area contributed by atoms with Gasteiger partial charge in [-0.05, 0) is 48.4 Å². The summed E-state index contributed by atoms with van der Waals surface area (Å²) in [4.78, 5) is 11.1. The summed E-state index contributed by atoms with van der Waals surface area (Å²) in [6, 6.07) is 8.10. The summed E-state index contributed by atoms with van der Waals surface area (Å²) in [5, 5.41) is 2.72. The lowest BCUT2D eigenvalue weighted by Gasteiger charge is -2.18. The van der Waals surface area contributed by atoms with Crippen LogP contribution in [0.1, 0.15) is 12.0 Å². The molecule has 0 saturated carbocycles. The summed E-state index contributed by atoms with van der Waals surface area (Å²) in [5.74, 6) is -0.696. The maximum Gasteiger partial charge on any atom is 0.265 e. The van der Waals surface area contributed by atoms with Gasteiger partial charge < -0.3 is 10.1 Å². The number of carbonyl (C=O) groups is 1. The van der Waals surface area contributed by atoms with Crippen LogP contribution in [0.4, 0.5) is 15.8 Å². The van der Waals surface area contributed by atoms with Gasteiger partial charge in [0.1, 0.15) is 16.5 Å². The monoisotopic (exact) mass is 350 g/mol. The maximum absolute atomic E-state index is 13.4. The third-order valence-electron chi connectivity index (χ3n) is 3.67. The van der Waals surface area contributed by atoms with E-state index in [4.69, 9.17) is 4.74 Å². The van der Waals surface area contributed by atoms with Gasteiger partial charge in [0, 0.05) is 17.8 Å². The van der Waals surface area contributed by atoms with Crippen molar-refractivity contribution in [3.63, 3.8) is 0 Å². The summed E-state index contributed by atoms with van der Waals surface area (Å²) in [7, 11) is -2.70. The number of halogens is 1. The molecule has 0 bridgehead atoms. The molecular formula is C16H15FN2O4S. The molecule has 0 aliphatic carbocycles. The van der Waals surface area contributed by atoms with Gasteiger partial charge in [-0.2, -0.15) is 0 Å². The summed E-state index contributed by atoms with van der Waals surface area (Å²) >= 11 is 0. The Kier molecular flexibility index (Phi) is 4.15. The van der Waals surface area contributed by atoms with E-state index < -0.39 is 15.8 Å². The zero-order valence-corrected chi connectivity index (χ0v) is 13.6. The Morgan fingerprint density at radius 1 is 1.17 bits per heavy atom. The molecule has 0 atom stereocenters. The number of aryl methyl sites for hydroxylation is 1. The highest BCUT2D eigenvalue weighted by molar-refractivity contribution is 7.92. The lowest BCUT2D eigenvalue weighted by Crippen LogP contribution is -2.19. The second kappa shape index (κ2) is 6.12. The zero-order valence-electron chi connectivity index (χ0n) is 12.8. The number of hydrogen-bond donors (Lipinski definition) is 2. The molecule has 0 unspecified atom stereocenters. The second-order valence-corrected chi connectivity index (χ2v) is 6.97. The van der Waals surface area contributed by atoms with E-state index in [-0.39, 0.29) is 16.6 Å². The van der Waals surface area contributed by atoms with Crippen LogP contribution in [-0.4, -0.2) is 21.4 Å². The van der Waals surface area contributed by atoms with Crippen molar-refractivity contribution in [2.45, 2.75) is 17.7 Å². The van der Waals surface area contributed by atoms with E-state index in [2.05, 4.69) is 10.0 Å². The van der Waals surface area contributed by atoms with Crippen LogP contribution in [-0.2, 0) is 21.2 Å². The van der Waals surface area contributed by atoms with Crippen LogP contribution in [0.15, 0.2) is 41.3 Å². The third-order valence-corrected chi connectivity index (χ3v) is 5.07. The van der Waals surface area contributed by atoms with Crippen molar-refractivity contribution in [1.29, 1.82) is 0 Å². The molecule has 6 nitrogen and oxygen atoms in total. The van der Waals surface area contributed by atoms with Crippen LogP contribution in [0, 0.1) is 5.82 Å². The molecule has 0 spiro atoms. The number of methoxy groups -OCH3 is 1. The van der Waals surface area contributed by atoms with Crippen LogP contribution in [0.2, 0.25) is 0 Å². The minimum Gasteiger partial charge on any atom is -0.495 e. The molecule has 1 heterocycles. The van der Waals surface area contributed by atoms with Crippen molar-refractivity contribution in [3.8, 4) is 5.75 Å². The van der Waals surface area contributed by atoms with Crippen LogP contribution in [0.3, 0.4) is 0 Å². The van der Waals surface area contributed by atoms with Gasteiger partial charge in [-0.25, -0.2) is 12.8 Å². The van der Waals surface area contributed by atoms with Gasteiger partial charge in [-0.15, -0.1) is 0 Å². The predicted molar refractivity (Wildman–Crippen MR) is 87.2 cm³/mol. The first-order valence-corrected chi connectivity index (χ1v) is 8.66. The van der Waals surface area contributed by atoms with E-state index >= 15 is 0 Å². The molecule has 0 aromatic heterocycles. The van der Waals surface area contributed by atoms with E-state index in [9.17, 15) is 17.6 Å². The molecule has 2 aromatic carbocycles. The van der Waals surface area contributed by atoms with Crippen LogP contribution in [0.5, 0.6) is 5.75 Å². The molecule has 24 heavy (non-hydrogen) atoms. The first-order chi connectivity index (χ1) is 11.4. The van der Waals surface area contributed by atoms with Crippen molar-refractivity contribution in [2.75, 3.05) is 17.1 Å². The van der Waals surface area contributed by atoms with Gasteiger partial charge in [0.15, 0.2) is 0 Å². The second-order valence-electron chi connectivity index (χ2n) is 5.32. The molecule has 8 heteroatoms. The van der Waals surface area contributed by atoms with Crippen molar-refractivity contribution < 1.29 is 22.3 Å². The molecule has 2 aromatic rings. The van der Waals surface area contributed by atoms with Gasteiger partial charge in [0.2, 0.25) is 5.91 Å². The number of carbonyl (C=O) groups excluding carboxylic acids is 1. The van der Waals surface area contributed by atoms with Crippen molar-refractivity contribution >= 4 is 27.3 Å². The topological polar surface area (TPSA) is 84.5 Å². The van der Waals surface area contributed by atoms with E-state index in [1.165, 1.54) is 19.2 Å². The number of ether oxygens (including phenoxy) is 1. The maximum atomic E-state index is 13.4. The minimum atomic E-state index is -4.02. The number of amides is 1. The number of fused-ring (bicyclic) bond motifs is 1. The quantitative estimate of drug-likeness (QED) is 0.887. The highest BCUT2D eigenvalue weighted by atomic mass is 32.2. The van der Waals surface area contributed by atoms with E-state index in [0.29, 0.717) is 24.2 Å². The number of rotatable bonds is 4. The van der Waals surface area contributed by atoms with Crippen LogP contribution < -0.4 is 14.8 Å². The van der Waals surface area contributed by atoms with Gasteiger partial charge in [-0.1, -0.05) is 0 Å².